The van der Waals surface area contributed by atoms with Gasteiger partial charge < -0.3 is 10.2 Å². The Balaban J connectivity index is 1.44. The van der Waals surface area contributed by atoms with Crippen LogP contribution in [0.25, 0.3) is 0 Å². The highest BCUT2D eigenvalue weighted by molar-refractivity contribution is 6.37. The zero-order valence-corrected chi connectivity index (χ0v) is 17.7. The third-order valence-electron chi connectivity index (χ3n) is 6.07. The Kier molecular flexibility index (Phi) is 6.12. The van der Waals surface area contributed by atoms with Crippen LogP contribution in [0, 0.1) is 5.92 Å². The predicted molar refractivity (Wildman–Crippen MR) is 117 cm³/mol. The molecule has 0 spiro atoms. The molecule has 1 heterocycles. The van der Waals surface area contributed by atoms with Gasteiger partial charge in [-0.3, -0.25) is 9.59 Å². The molecule has 1 aliphatic carbocycles. The Morgan fingerprint density at radius 1 is 0.931 bits per heavy atom. The number of carbonyl (C=O) groups excluding carboxylic acids is 2. The number of nitrogens with one attached hydrogen (secondary N) is 1. The topological polar surface area (TPSA) is 49.4 Å². The SMILES string of the molecule is O=C(Nc1ccc(C(=O)N2CCC[C@H]3CCCCC32)cc1)c1ccc(Cl)cc1Cl. The fourth-order valence-corrected chi connectivity index (χ4v) is 5.11. The molecule has 1 unspecified atom stereocenters. The van der Waals surface area contributed by atoms with Gasteiger partial charge in [0.25, 0.3) is 11.8 Å². The quantitative estimate of drug-likeness (QED) is 0.644. The van der Waals surface area contributed by atoms with E-state index in [1.165, 1.54) is 31.7 Å². The number of amides is 2. The van der Waals surface area contributed by atoms with Crippen molar-refractivity contribution in [1.29, 1.82) is 0 Å². The monoisotopic (exact) mass is 430 g/mol. The summed E-state index contributed by atoms with van der Waals surface area (Å²) in [5, 5.41) is 3.60. The molecule has 152 valence electrons. The van der Waals surface area contributed by atoms with Gasteiger partial charge in [0.2, 0.25) is 0 Å². The second kappa shape index (κ2) is 8.76. The van der Waals surface area contributed by atoms with Crippen LogP contribution in [-0.2, 0) is 0 Å². The molecule has 1 saturated carbocycles. The summed E-state index contributed by atoms with van der Waals surface area (Å²) in [6.45, 7) is 0.841. The van der Waals surface area contributed by atoms with Crippen molar-refractivity contribution in [3.8, 4) is 0 Å². The number of hydrogen-bond donors (Lipinski definition) is 1. The van der Waals surface area contributed by atoms with Crippen LogP contribution in [0.5, 0.6) is 0 Å². The molecule has 2 aliphatic rings. The van der Waals surface area contributed by atoms with Crippen molar-refractivity contribution in [2.24, 2.45) is 5.92 Å². The van der Waals surface area contributed by atoms with E-state index in [0.29, 0.717) is 38.8 Å². The van der Waals surface area contributed by atoms with E-state index in [9.17, 15) is 9.59 Å². The maximum absolute atomic E-state index is 13.1. The molecule has 29 heavy (non-hydrogen) atoms. The summed E-state index contributed by atoms with van der Waals surface area (Å²) in [5.74, 6) is 0.441. The third kappa shape index (κ3) is 4.44. The van der Waals surface area contributed by atoms with Crippen LogP contribution in [0.4, 0.5) is 5.69 Å². The van der Waals surface area contributed by atoms with Gasteiger partial charge in [0.05, 0.1) is 10.6 Å². The number of halogens is 2. The van der Waals surface area contributed by atoms with Crippen LogP contribution in [-0.4, -0.2) is 29.3 Å². The highest BCUT2D eigenvalue weighted by Gasteiger charge is 2.35. The summed E-state index contributed by atoms with van der Waals surface area (Å²) >= 11 is 12.0. The molecule has 0 radical (unpaired) electrons. The third-order valence-corrected chi connectivity index (χ3v) is 6.62. The number of fused-ring (bicyclic) bond motifs is 1. The Bertz CT molecular complexity index is 912. The molecule has 0 bridgehead atoms. The van der Waals surface area contributed by atoms with Crippen molar-refractivity contribution < 1.29 is 9.59 Å². The van der Waals surface area contributed by atoms with Crippen molar-refractivity contribution in [2.45, 2.75) is 44.6 Å². The first-order chi connectivity index (χ1) is 14.0. The molecule has 1 aliphatic heterocycles. The largest absolute Gasteiger partial charge is 0.335 e. The molecule has 2 amide bonds. The molecular formula is C23H24Cl2N2O2. The second-order valence-corrected chi connectivity index (χ2v) is 8.75. The summed E-state index contributed by atoms with van der Waals surface area (Å²) in [4.78, 5) is 27.6. The number of nitrogens with zero attached hydrogens (tertiary/aromatic N) is 1. The first kappa shape index (κ1) is 20.2. The van der Waals surface area contributed by atoms with Gasteiger partial charge in [0.15, 0.2) is 0 Å². The van der Waals surface area contributed by atoms with Crippen LogP contribution >= 0.6 is 23.2 Å². The lowest BCUT2D eigenvalue weighted by Crippen LogP contribution is -2.49. The van der Waals surface area contributed by atoms with E-state index in [4.69, 9.17) is 23.2 Å². The second-order valence-electron chi connectivity index (χ2n) is 7.91. The van der Waals surface area contributed by atoms with Crippen molar-refractivity contribution in [2.75, 3.05) is 11.9 Å². The summed E-state index contributed by atoms with van der Waals surface area (Å²) in [7, 11) is 0. The lowest BCUT2D eigenvalue weighted by atomic mass is 9.78. The summed E-state index contributed by atoms with van der Waals surface area (Å²) in [6.07, 6.45) is 7.19. The molecular weight excluding hydrogens is 407 g/mol. The maximum Gasteiger partial charge on any atom is 0.257 e. The molecule has 1 N–H and O–H groups in total. The zero-order valence-electron chi connectivity index (χ0n) is 16.2. The normalized spacial score (nSPS) is 21.4. The summed E-state index contributed by atoms with van der Waals surface area (Å²) < 4.78 is 0. The van der Waals surface area contributed by atoms with Gasteiger partial charge in [-0.1, -0.05) is 36.0 Å². The van der Waals surface area contributed by atoms with E-state index >= 15 is 0 Å². The molecule has 2 aromatic rings. The fourth-order valence-electron chi connectivity index (χ4n) is 4.61. The van der Waals surface area contributed by atoms with Crippen LogP contribution in [0.2, 0.25) is 10.0 Å². The average molecular weight is 431 g/mol. The minimum Gasteiger partial charge on any atom is -0.335 e. The maximum atomic E-state index is 13.1. The minimum absolute atomic E-state index is 0.0974. The molecule has 2 atom stereocenters. The fraction of sp³-hybridized carbons (Fsp3) is 0.391. The van der Waals surface area contributed by atoms with E-state index in [1.807, 2.05) is 0 Å². The van der Waals surface area contributed by atoms with Crippen LogP contribution in [0.3, 0.4) is 0 Å². The molecule has 2 aromatic carbocycles. The van der Waals surface area contributed by atoms with E-state index < -0.39 is 0 Å². The highest BCUT2D eigenvalue weighted by atomic mass is 35.5. The van der Waals surface area contributed by atoms with Crippen molar-refractivity contribution in [1.82, 2.24) is 4.90 Å². The first-order valence-electron chi connectivity index (χ1n) is 10.2. The number of piperidine rings is 1. The van der Waals surface area contributed by atoms with Gasteiger partial charge in [-0.25, -0.2) is 0 Å². The Hall–Kier alpha value is -2.04. The van der Waals surface area contributed by atoms with Crippen LogP contribution in [0.1, 0.15) is 59.2 Å². The Morgan fingerprint density at radius 2 is 1.66 bits per heavy atom. The van der Waals surface area contributed by atoms with E-state index in [-0.39, 0.29) is 11.8 Å². The standard InChI is InChI=1S/C23H24Cl2N2O2/c24-17-9-12-19(20(25)14-17)22(28)26-18-10-7-16(8-11-18)23(29)27-13-3-5-15-4-1-2-6-21(15)27/h7-12,14-15,21H,1-6,13H2,(H,26,28)/t15-,21?/m1/s1. The van der Waals surface area contributed by atoms with Gasteiger partial charge in [-0.15, -0.1) is 0 Å². The van der Waals surface area contributed by atoms with Gasteiger partial charge in [-0.2, -0.15) is 0 Å². The molecule has 4 nitrogen and oxygen atoms in total. The molecule has 2 fully saturated rings. The number of likely N-dealkylation sites (tertiary alicyclic amines) is 1. The lowest BCUT2D eigenvalue weighted by Gasteiger charge is -2.44. The number of anilines is 1. The highest BCUT2D eigenvalue weighted by Crippen LogP contribution is 2.36. The lowest BCUT2D eigenvalue weighted by molar-refractivity contribution is 0.0390. The van der Waals surface area contributed by atoms with Gasteiger partial charge in [0, 0.05) is 28.9 Å². The number of hydrogen-bond acceptors (Lipinski definition) is 2. The minimum atomic E-state index is -0.313. The molecule has 6 heteroatoms. The Labute approximate surface area is 181 Å². The van der Waals surface area contributed by atoms with E-state index in [2.05, 4.69) is 10.2 Å². The van der Waals surface area contributed by atoms with Crippen molar-refractivity contribution >= 4 is 40.7 Å². The van der Waals surface area contributed by atoms with E-state index in [1.54, 1.807) is 36.4 Å². The first-order valence-corrected chi connectivity index (χ1v) is 11.0. The van der Waals surface area contributed by atoms with Crippen molar-refractivity contribution in [3.05, 3.63) is 63.6 Å². The van der Waals surface area contributed by atoms with Gasteiger partial charge >= 0.3 is 0 Å². The van der Waals surface area contributed by atoms with Crippen LogP contribution in [0.15, 0.2) is 42.5 Å². The van der Waals surface area contributed by atoms with Gasteiger partial charge in [-0.05, 0) is 74.1 Å². The van der Waals surface area contributed by atoms with Gasteiger partial charge in [0.1, 0.15) is 0 Å². The number of benzene rings is 2. The van der Waals surface area contributed by atoms with Crippen molar-refractivity contribution in [3.63, 3.8) is 0 Å². The molecule has 1 saturated heterocycles. The van der Waals surface area contributed by atoms with E-state index in [0.717, 1.165) is 19.4 Å². The zero-order chi connectivity index (χ0) is 20.4. The average Bonchev–Trinajstić information content (AvgIpc) is 2.73. The molecule has 0 aromatic heterocycles. The number of rotatable bonds is 3. The number of carbonyl (C=O) groups is 2. The summed E-state index contributed by atoms with van der Waals surface area (Å²) in [6, 6.07) is 12.2. The smallest absolute Gasteiger partial charge is 0.257 e. The van der Waals surface area contributed by atoms with Crippen LogP contribution < -0.4 is 5.32 Å². The molecule has 4 rings (SSSR count). The predicted octanol–water partition coefficient (Wildman–Crippen LogP) is 6.04. The Morgan fingerprint density at radius 3 is 2.41 bits per heavy atom. The summed E-state index contributed by atoms with van der Waals surface area (Å²) in [5.41, 5.74) is 1.64.